The summed E-state index contributed by atoms with van der Waals surface area (Å²) in [6, 6.07) is -4.69. The summed E-state index contributed by atoms with van der Waals surface area (Å²) in [5.74, 6) is -0.815. The Morgan fingerprint density at radius 1 is 0.707 bits per heavy atom. The first-order chi connectivity index (χ1) is 19.2. The molecule has 0 amide bonds. The highest BCUT2D eigenvalue weighted by Crippen LogP contribution is 2.31. The lowest BCUT2D eigenvalue weighted by Crippen LogP contribution is -2.69. The minimum atomic E-state index is -1.56. The van der Waals surface area contributed by atoms with Crippen molar-refractivity contribution in [2.24, 2.45) is 22.9 Å². The summed E-state index contributed by atoms with van der Waals surface area (Å²) < 4.78 is 27.4. The van der Waals surface area contributed by atoms with Crippen molar-refractivity contribution in [3.63, 3.8) is 0 Å². The van der Waals surface area contributed by atoms with Gasteiger partial charge in [-0.1, -0.05) is 0 Å². The molecule has 0 aliphatic carbocycles. The van der Waals surface area contributed by atoms with Crippen LogP contribution >= 0.6 is 12.6 Å². The van der Waals surface area contributed by atoms with Gasteiger partial charge in [0, 0.05) is 5.75 Å². The van der Waals surface area contributed by atoms with E-state index < -0.39 is 124 Å². The van der Waals surface area contributed by atoms with Crippen molar-refractivity contribution in [2.75, 3.05) is 25.6 Å². The molecule has 3 aliphatic heterocycles. The van der Waals surface area contributed by atoms with Gasteiger partial charge in [0.25, 0.3) is 0 Å². The summed E-state index contributed by atoms with van der Waals surface area (Å²) in [7, 11) is 0. The van der Waals surface area contributed by atoms with E-state index in [0.717, 1.165) is 0 Å². The van der Waals surface area contributed by atoms with E-state index in [4.69, 9.17) is 51.7 Å². The number of carboxylic acid groups (broad SMARTS) is 1. The molecule has 3 heterocycles. The molecule has 19 nitrogen and oxygen atoms in total. The molecular weight excluding hydrogens is 580 g/mol. The van der Waals surface area contributed by atoms with E-state index in [-0.39, 0.29) is 5.75 Å². The van der Waals surface area contributed by atoms with Crippen molar-refractivity contribution in [1.82, 2.24) is 0 Å². The highest BCUT2D eigenvalue weighted by molar-refractivity contribution is 7.80. The smallest absolute Gasteiger partial charge is 0.321 e. The van der Waals surface area contributed by atoms with E-state index in [0.29, 0.717) is 0 Å². The fraction of sp³-hybridized carbons (Fsp3) is 0.952. The number of aliphatic carboxylic acids is 1. The Balaban J connectivity index is 0.000000745. The Bertz CT molecular complexity index is 804. The third-order valence-corrected chi connectivity index (χ3v) is 7.24. The minimum absolute atomic E-state index is 0.190. The maximum absolute atomic E-state index is 10.8. The number of nitrogens with two attached hydrogens (primary N) is 4. The molecular formula is C21H42N4O15S. The molecule has 16 atom stereocenters. The van der Waals surface area contributed by atoms with E-state index in [9.17, 15) is 45.6 Å². The lowest BCUT2D eigenvalue weighted by Gasteiger charge is -2.48. The van der Waals surface area contributed by atoms with Gasteiger partial charge in [-0.05, 0) is 0 Å². The van der Waals surface area contributed by atoms with Gasteiger partial charge >= 0.3 is 5.97 Å². The van der Waals surface area contributed by atoms with Gasteiger partial charge in [0.15, 0.2) is 18.9 Å². The lowest BCUT2D eigenvalue weighted by atomic mass is 9.94. The van der Waals surface area contributed by atoms with E-state index in [1.54, 1.807) is 0 Å². The first-order valence-electron chi connectivity index (χ1n) is 12.6. The molecule has 0 bridgehead atoms. The van der Waals surface area contributed by atoms with Gasteiger partial charge in [0.1, 0.15) is 61.0 Å². The molecule has 3 rings (SSSR count). The fourth-order valence-electron chi connectivity index (χ4n) is 4.26. The maximum Gasteiger partial charge on any atom is 0.321 e. The number of thiol groups is 1. The molecule has 6 unspecified atom stereocenters. The topological polar surface area (TPSA) is 349 Å². The number of aliphatic hydroxyl groups is 8. The van der Waals surface area contributed by atoms with Crippen molar-refractivity contribution in [1.29, 1.82) is 0 Å². The average molecular weight is 623 g/mol. The zero-order valence-electron chi connectivity index (χ0n) is 21.8. The van der Waals surface area contributed by atoms with Crippen molar-refractivity contribution < 1.29 is 74.4 Å². The molecule has 20 heteroatoms. The van der Waals surface area contributed by atoms with Crippen LogP contribution in [0.4, 0.5) is 0 Å². The van der Waals surface area contributed by atoms with Gasteiger partial charge in [-0.15, -0.1) is 0 Å². The molecule has 3 aliphatic rings. The van der Waals surface area contributed by atoms with Crippen LogP contribution in [0.2, 0.25) is 0 Å². The van der Waals surface area contributed by atoms with Gasteiger partial charge in [-0.3, -0.25) is 4.79 Å². The second kappa shape index (κ2) is 16.3. The first kappa shape index (κ1) is 36.3. The van der Waals surface area contributed by atoms with Crippen LogP contribution in [0.1, 0.15) is 0 Å². The summed E-state index contributed by atoms with van der Waals surface area (Å²) in [4.78, 5) is 9.76. The predicted octanol–water partition coefficient (Wildman–Crippen LogP) is -8.35. The lowest BCUT2D eigenvalue weighted by molar-refractivity contribution is -0.348. The van der Waals surface area contributed by atoms with Crippen molar-refractivity contribution in [2.45, 2.75) is 98.0 Å². The molecule has 17 N–H and O–H groups in total. The SMILES string of the molecule is NC1C(O)O[C@H](CO)C(O[C@@H]2O[C@H](CO)C(O[C@@H]3O[C@H](CO)[C@@H](O)[C@H](O)[C@H]3N)[C@H](O)C2N)C1O.N[C@@H](CS)C(=O)O. The normalized spacial score (nSPS) is 45.8. The second-order valence-corrected chi connectivity index (χ2v) is 10.1. The number of hydrogen-bond donors (Lipinski definition) is 14. The molecule has 0 radical (unpaired) electrons. The summed E-state index contributed by atoms with van der Waals surface area (Å²) in [6.07, 6.45) is -16.8. The van der Waals surface area contributed by atoms with Crippen LogP contribution in [-0.4, -0.2) is 175 Å². The average Bonchev–Trinajstić information content (AvgIpc) is 2.96. The number of ether oxygens (including phenoxy) is 5. The zero-order chi connectivity index (χ0) is 31.2. The first-order valence-corrected chi connectivity index (χ1v) is 13.2. The van der Waals surface area contributed by atoms with Gasteiger partial charge in [-0.25, -0.2) is 0 Å². The summed E-state index contributed by atoms with van der Waals surface area (Å²) in [6.45, 7) is -2.00. The zero-order valence-corrected chi connectivity index (χ0v) is 22.7. The minimum Gasteiger partial charge on any atom is -0.480 e. The molecule has 242 valence electrons. The molecule has 0 aromatic rings. The highest BCUT2D eigenvalue weighted by atomic mass is 32.1. The Hall–Kier alpha value is -0.860. The number of carbonyl (C=O) groups is 1. The fourth-order valence-corrected chi connectivity index (χ4v) is 4.42. The number of carboxylic acids is 1. The van der Waals surface area contributed by atoms with Crippen LogP contribution in [-0.2, 0) is 28.5 Å². The van der Waals surface area contributed by atoms with Crippen LogP contribution in [0, 0.1) is 0 Å². The number of hydrogen-bond acceptors (Lipinski definition) is 19. The second-order valence-electron chi connectivity index (χ2n) is 9.72. The Kier molecular flexibility index (Phi) is 14.4. The molecule has 0 aromatic heterocycles. The third-order valence-electron chi connectivity index (χ3n) is 6.85. The van der Waals surface area contributed by atoms with Gasteiger partial charge < -0.3 is 92.6 Å². The van der Waals surface area contributed by atoms with E-state index in [1.807, 2.05) is 0 Å². The van der Waals surface area contributed by atoms with Crippen molar-refractivity contribution in [3.05, 3.63) is 0 Å². The Morgan fingerprint density at radius 3 is 1.54 bits per heavy atom. The third kappa shape index (κ3) is 8.62. The molecule has 3 fully saturated rings. The molecule has 0 saturated carbocycles. The van der Waals surface area contributed by atoms with Crippen molar-refractivity contribution >= 4 is 18.6 Å². The van der Waals surface area contributed by atoms with Gasteiger partial charge in [0.05, 0.1) is 37.9 Å². The molecule has 3 saturated heterocycles. The molecule has 41 heavy (non-hydrogen) atoms. The maximum atomic E-state index is 10.8. The van der Waals surface area contributed by atoms with E-state index in [1.165, 1.54) is 0 Å². The number of aliphatic hydroxyl groups excluding tert-OH is 8. The van der Waals surface area contributed by atoms with Crippen molar-refractivity contribution in [3.8, 4) is 0 Å². The summed E-state index contributed by atoms with van der Waals surface area (Å²) >= 11 is 3.65. The van der Waals surface area contributed by atoms with Crippen LogP contribution in [0.3, 0.4) is 0 Å². The Morgan fingerprint density at radius 2 is 1.12 bits per heavy atom. The monoisotopic (exact) mass is 622 g/mol. The standard InChI is InChI=1S/C18H35N3O13.C3H7NO2S/c19-7-12(27)14(5(2-23)30-16(7)29)33-18-9(21)13(28)15(6(3-24)32-18)34-17-8(20)11(26)10(25)4(1-22)31-17;4-2(1-7)3(5)6/h4-18,22-29H,1-3,19-21H2;2,7H,1,4H2,(H,5,6)/t4-,5-,6-,7?,8-,9?,10-,11-,12?,13-,14?,15?,16?,17+,18+;2-/m10/s1. The number of rotatable bonds is 9. The predicted molar refractivity (Wildman–Crippen MR) is 137 cm³/mol. The van der Waals surface area contributed by atoms with E-state index >= 15 is 0 Å². The summed E-state index contributed by atoms with van der Waals surface area (Å²) in [5, 5.41) is 87.7. The van der Waals surface area contributed by atoms with Crippen LogP contribution in [0.15, 0.2) is 0 Å². The van der Waals surface area contributed by atoms with Crippen LogP contribution < -0.4 is 22.9 Å². The van der Waals surface area contributed by atoms with E-state index in [2.05, 4.69) is 12.6 Å². The molecule has 0 spiro atoms. The Labute approximate surface area is 239 Å². The van der Waals surface area contributed by atoms with Crippen LogP contribution in [0.25, 0.3) is 0 Å². The quantitative estimate of drug-likeness (QED) is 0.106. The van der Waals surface area contributed by atoms with Gasteiger partial charge in [-0.2, -0.15) is 12.6 Å². The van der Waals surface area contributed by atoms with Crippen LogP contribution in [0.5, 0.6) is 0 Å². The van der Waals surface area contributed by atoms with Gasteiger partial charge in [0.2, 0.25) is 0 Å². The molecule has 0 aromatic carbocycles. The highest BCUT2D eigenvalue weighted by Gasteiger charge is 2.52. The largest absolute Gasteiger partial charge is 0.480 e. The summed E-state index contributed by atoms with van der Waals surface area (Å²) in [5.41, 5.74) is 22.5.